The molecule has 9 heteroatoms. The highest BCUT2D eigenvalue weighted by Gasteiger charge is 2.20. The second kappa shape index (κ2) is 7.35. The zero-order chi connectivity index (χ0) is 18.0. The second-order valence-corrected chi connectivity index (χ2v) is 8.88. The number of nitrogens with one attached hydrogen (secondary N) is 1. The summed E-state index contributed by atoms with van der Waals surface area (Å²) in [4.78, 5) is 4.07. The van der Waals surface area contributed by atoms with Gasteiger partial charge in [-0.15, -0.1) is 11.3 Å². The molecule has 0 saturated carbocycles. The number of hydrogen-bond acceptors (Lipinski definition) is 6. The molecule has 0 radical (unpaired) electrons. The van der Waals surface area contributed by atoms with Crippen LogP contribution in [0.5, 0.6) is 5.75 Å². The Morgan fingerprint density at radius 3 is 2.52 bits per heavy atom. The van der Waals surface area contributed by atoms with Crippen LogP contribution in [0.1, 0.15) is 29.5 Å². The number of nitrogens with zero attached hydrogens (tertiary/aromatic N) is 1. The van der Waals surface area contributed by atoms with Crippen LogP contribution >= 0.6 is 11.3 Å². The Kier molecular flexibility index (Phi) is 5.35. The van der Waals surface area contributed by atoms with Crippen molar-refractivity contribution in [2.75, 3.05) is 19.3 Å². The van der Waals surface area contributed by atoms with Crippen LogP contribution in [0.25, 0.3) is 0 Å². The van der Waals surface area contributed by atoms with Gasteiger partial charge in [-0.1, -0.05) is 0 Å². The Morgan fingerprint density at radius 2 is 1.92 bits per heavy atom. The molecule has 1 fully saturated rings. The minimum atomic E-state index is -3.69. The van der Waals surface area contributed by atoms with E-state index in [1.54, 1.807) is 0 Å². The highest BCUT2D eigenvalue weighted by atomic mass is 32.2. The van der Waals surface area contributed by atoms with Crippen molar-refractivity contribution >= 4 is 21.2 Å². The van der Waals surface area contributed by atoms with Crippen LogP contribution in [0.4, 0.5) is 8.78 Å². The van der Waals surface area contributed by atoms with E-state index >= 15 is 0 Å². The van der Waals surface area contributed by atoms with Crippen LogP contribution in [-0.2, 0) is 16.4 Å². The van der Waals surface area contributed by atoms with Gasteiger partial charge in [0.2, 0.25) is 0 Å². The number of rotatable bonds is 5. The van der Waals surface area contributed by atoms with Crippen molar-refractivity contribution in [3.63, 3.8) is 0 Å². The maximum Gasteiger partial charge on any atom is 0.191 e. The molecular formula is C16H18F2N2O3S2. The lowest BCUT2D eigenvalue weighted by molar-refractivity contribution is 0.269. The number of ether oxygens (including phenoxy) is 1. The zero-order valence-electron chi connectivity index (χ0n) is 13.6. The zero-order valence-corrected chi connectivity index (χ0v) is 15.2. The fraction of sp³-hybridized carbons (Fsp3) is 0.438. The molecule has 1 N–H and O–H groups in total. The number of thiazole rings is 1. The highest BCUT2D eigenvalue weighted by molar-refractivity contribution is 7.90. The summed E-state index contributed by atoms with van der Waals surface area (Å²) in [5.41, 5.74) is 0.601. The molecule has 136 valence electrons. The first-order valence-corrected chi connectivity index (χ1v) is 10.6. The van der Waals surface area contributed by atoms with Crippen LogP contribution in [0.15, 0.2) is 22.4 Å². The molecule has 25 heavy (non-hydrogen) atoms. The highest BCUT2D eigenvalue weighted by Crippen LogP contribution is 2.29. The van der Waals surface area contributed by atoms with Crippen molar-refractivity contribution in [2.24, 2.45) is 0 Å². The standard InChI is InChI=1S/C16H18F2N2O3S2/c1-25(21,22)12-6-13(17)15(14(18)7-12)23-8-11-9-24-16(20-11)10-2-4-19-5-3-10/h6-7,9-10,19H,2-5,8H2,1H3. The van der Waals surface area contributed by atoms with E-state index in [2.05, 4.69) is 10.3 Å². The first-order chi connectivity index (χ1) is 11.8. The lowest BCUT2D eigenvalue weighted by Crippen LogP contribution is -2.26. The van der Waals surface area contributed by atoms with Crippen molar-refractivity contribution in [1.82, 2.24) is 10.3 Å². The van der Waals surface area contributed by atoms with Crippen LogP contribution in [0.3, 0.4) is 0 Å². The molecule has 0 spiro atoms. The van der Waals surface area contributed by atoms with E-state index in [0.29, 0.717) is 11.6 Å². The Morgan fingerprint density at radius 1 is 1.28 bits per heavy atom. The summed E-state index contributed by atoms with van der Waals surface area (Å²) in [5, 5.41) is 6.12. The average molecular weight is 388 g/mol. The molecular weight excluding hydrogens is 370 g/mol. The molecule has 2 aromatic rings. The molecule has 1 aromatic carbocycles. The van der Waals surface area contributed by atoms with E-state index in [9.17, 15) is 17.2 Å². The first kappa shape index (κ1) is 18.2. The molecule has 1 aliphatic rings. The van der Waals surface area contributed by atoms with E-state index in [1.807, 2.05) is 5.38 Å². The summed E-state index contributed by atoms with van der Waals surface area (Å²) in [6.45, 7) is 1.84. The van der Waals surface area contributed by atoms with Gasteiger partial charge in [0.25, 0.3) is 0 Å². The van der Waals surface area contributed by atoms with E-state index in [4.69, 9.17) is 4.74 Å². The quantitative estimate of drug-likeness (QED) is 0.853. The van der Waals surface area contributed by atoms with Gasteiger partial charge in [-0.2, -0.15) is 0 Å². The average Bonchev–Trinajstić information content (AvgIpc) is 3.03. The Balaban J connectivity index is 1.70. The third kappa shape index (κ3) is 4.34. The lowest BCUT2D eigenvalue weighted by Gasteiger charge is -2.20. The molecule has 0 unspecified atom stereocenters. The molecule has 0 atom stereocenters. The third-order valence-electron chi connectivity index (χ3n) is 4.02. The number of piperidine rings is 1. The van der Waals surface area contributed by atoms with Gasteiger partial charge in [0.1, 0.15) is 6.61 Å². The summed E-state index contributed by atoms with van der Waals surface area (Å²) in [6.07, 6.45) is 2.92. The van der Waals surface area contributed by atoms with Crippen LogP contribution < -0.4 is 10.1 Å². The maximum atomic E-state index is 14.0. The van der Waals surface area contributed by atoms with E-state index in [-0.39, 0.29) is 6.61 Å². The molecule has 2 heterocycles. The number of benzene rings is 1. The van der Waals surface area contributed by atoms with Gasteiger partial charge in [-0.05, 0) is 38.1 Å². The normalized spacial score (nSPS) is 16.1. The lowest BCUT2D eigenvalue weighted by atomic mass is 9.99. The Labute approximate surface area is 149 Å². The second-order valence-electron chi connectivity index (χ2n) is 5.98. The van der Waals surface area contributed by atoms with Crippen LogP contribution in [0, 0.1) is 11.6 Å². The van der Waals surface area contributed by atoms with Crippen molar-refractivity contribution < 1.29 is 21.9 Å². The molecule has 1 saturated heterocycles. The summed E-state index contributed by atoms with van der Waals surface area (Å²) in [7, 11) is -3.69. The number of halogens is 2. The molecule has 5 nitrogen and oxygen atoms in total. The van der Waals surface area contributed by atoms with Crippen molar-refractivity contribution in [2.45, 2.75) is 30.3 Å². The summed E-state index contributed by atoms with van der Waals surface area (Å²) in [6, 6.07) is 1.52. The van der Waals surface area contributed by atoms with Crippen LogP contribution in [0.2, 0.25) is 0 Å². The first-order valence-electron chi connectivity index (χ1n) is 7.81. The molecule has 3 rings (SSSR count). The molecule has 1 aliphatic heterocycles. The number of sulfone groups is 1. The molecule has 0 amide bonds. The fourth-order valence-corrected chi connectivity index (χ4v) is 4.29. The van der Waals surface area contributed by atoms with E-state index in [1.165, 1.54) is 11.3 Å². The summed E-state index contributed by atoms with van der Waals surface area (Å²) >= 11 is 1.52. The predicted octanol–water partition coefficient (Wildman–Crippen LogP) is 2.87. The Bertz CT molecular complexity index is 839. The van der Waals surface area contributed by atoms with Crippen LogP contribution in [-0.4, -0.2) is 32.7 Å². The predicted molar refractivity (Wildman–Crippen MR) is 90.8 cm³/mol. The van der Waals surface area contributed by atoms with Gasteiger partial charge < -0.3 is 10.1 Å². The monoisotopic (exact) mass is 388 g/mol. The number of hydrogen-bond donors (Lipinski definition) is 1. The van der Waals surface area contributed by atoms with Gasteiger partial charge in [0.05, 0.1) is 15.6 Å². The van der Waals surface area contributed by atoms with Crippen molar-refractivity contribution in [3.05, 3.63) is 39.8 Å². The SMILES string of the molecule is CS(=O)(=O)c1cc(F)c(OCc2csc(C3CCNCC3)n2)c(F)c1. The maximum absolute atomic E-state index is 14.0. The third-order valence-corrected chi connectivity index (χ3v) is 6.17. The smallest absolute Gasteiger partial charge is 0.191 e. The Hall–Kier alpha value is -1.58. The fourth-order valence-electron chi connectivity index (χ4n) is 2.68. The van der Waals surface area contributed by atoms with E-state index in [0.717, 1.165) is 49.3 Å². The molecule has 1 aromatic heterocycles. The van der Waals surface area contributed by atoms with Gasteiger partial charge >= 0.3 is 0 Å². The van der Waals surface area contributed by atoms with Gasteiger partial charge in [0.15, 0.2) is 27.2 Å². The van der Waals surface area contributed by atoms with E-state index < -0.39 is 32.1 Å². The minimum absolute atomic E-state index is 0.0759. The topological polar surface area (TPSA) is 68.3 Å². The summed E-state index contributed by atoms with van der Waals surface area (Å²) < 4.78 is 56.0. The minimum Gasteiger partial charge on any atom is -0.481 e. The molecule has 0 aliphatic carbocycles. The van der Waals surface area contributed by atoms with Gasteiger partial charge in [-0.25, -0.2) is 22.2 Å². The van der Waals surface area contributed by atoms with Gasteiger partial charge in [0, 0.05) is 17.6 Å². The molecule has 0 bridgehead atoms. The number of aromatic nitrogens is 1. The van der Waals surface area contributed by atoms with Gasteiger partial charge in [-0.3, -0.25) is 0 Å². The van der Waals surface area contributed by atoms with Crippen molar-refractivity contribution in [3.8, 4) is 5.75 Å². The largest absolute Gasteiger partial charge is 0.481 e. The van der Waals surface area contributed by atoms with Crippen molar-refractivity contribution in [1.29, 1.82) is 0 Å². The summed E-state index contributed by atoms with van der Waals surface area (Å²) in [5.74, 6) is -2.28.